The molecule has 1 unspecified atom stereocenters. The van der Waals surface area contributed by atoms with Gasteiger partial charge in [-0.2, -0.15) is 0 Å². The maximum Gasteiger partial charge on any atom is 0.166 e. The van der Waals surface area contributed by atoms with Crippen molar-refractivity contribution in [3.63, 3.8) is 0 Å². The maximum atomic E-state index is 10.4. The van der Waals surface area contributed by atoms with Gasteiger partial charge in [0.05, 0.1) is 18.6 Å². The van der Waals surface area contributed by atoms with Gasteiger partial charge in [-0.1, -0.05) is 6.92 Å². The molecule has 0 amide bonds. The standard InChI is InChI=1S/C13H16N4O3/c1-3-13-4-19-9(10(13)18)12(20-13)17-6-16-8-7(2)14-5-15-11(8)17/h5-6,9-10,12,18H,3-4H2,1-2H3/t9-,10?,12+,13-/m0/s1. The third-order valence-corrected chi connectivity index (χ3v) is 4.42. The van der Waals surface area contributed by atoms with Gasteiger partial charge in [0.1, 0.15) is 29.7 Å². The van der Waals surface area contributed by atoms with Gasteiger partial charge in [-0.3, -0.25) is 4.57 Å². The molecule has 0 saturated carbocycles. The third kappa shape index (κ3) is 1.37. The molecule has 2 aliphatic heterocycles. The number of aliphatic hydroxyl groups excluding tert-OH is 1. The predicted molar refractivity (Wildman–Crippen MR) is 69.0 cm³/mol. The summed E-state index contributed by atoms with van der Waals surface area (Å²) in [6, 6.07) is 0. The Morgan fingerprint density at radius 2 is 2.30 bits per heavy atom. The van der Waals surface area contributed by atoms with Crippen LogP contribution in [0, 0.1) is 6.92 Å². The summed E-state index contributed by atoms with van der Waals surface area (Å²) >= 11 is 0. The summed E-state index contributed by atoms with van der Waals surface area (Å²) in [4.78, 5) is 12.7. The molecule has 4 heterocycles. The van der Waals surface area contributed by atoms with E-state index in [2.05, 4.69) is 15.0 Å². The second-order valence-corrected chi connectivity index (χ2v) is 5.43. The number of hydrogen-bond donors (Lipinski definition) is 1. The molecular weight excluding hydrogens is 260 g/mol. The van der Waals surface area contributed by atoms with Gasteiger partial charge < -0.3 is 14.6 Å². The van der Waals surface area contributed by atoms with E-state index in [4.69, 9.17) is 9.47 Å². The van der Waals surface area contributed by atoms with Gasteiger partial charge in [-0.15, -0.1) is 0 Å². The van der Waals surface area contributed by atoms with Gasteiger partial charge >= 0.3 is 0 Å². The smallest absolute Gasteiger partial charge is 0.166 e. The maximum absolute atomic E-state index is 10.4. The van der Waals surface area contributed by atoms with Crippen LogP contribution in [0.5, 0.6) is 0 Å². The van der Waals surface area contributed by atoms with Crippen LogP contribution in [0.3, 0.4) is 0 Å². The molecule has 4 rings (SSSR count). The lowest BCUT2D eigenvalue weighted by Crippen LogP contribution is -2.39. The van der Waals surface area contributed by atoms with Crippen molar-refractivity contribution in [1.82, 2.24) is 19.5 Å². The number of rotatable bonds is 2. The van der Waals surface area contributed by atoms with Crippen molar-refractivity contribution in [2.24, 2.45) is 0 Å². The van der Waals surface area contributed by atoms with Crippen LogP contribution in [0.2, 0.25) is 0 Å². The number of nitrogens with zero attached hydrogens (tertiary/aromatic N) is 4. The minimum absolute atomic E-state index is 0.373. The van der Waals surface area contributed by atoms with Crippen molar-refractivity contribution in [2.45, 2.75) is 44.3 Å². The molecule has 20 heavy (non-hydrogen) atoms. The van der Waals surface area contributed by atoms with Crippen LogP contribution < -0.4 is 0 Å². The molecule has 0 aliphatic carbocycles. The van der Waals surface area contributed by atoms with Crippen LogP contribution in [0.25, 0.3) is 11.2 Å². The molecule has 2 bridgehead atoms. The molecule has 2 fully saturated rings. The van der Waals surface area contributed by atoms with Gasteiger partial charge in [0.2, 0.25) is 0 Å². The van der Waals surface area contributed by atoms with Crippen molar-refractivity contribution < 1.29 is 14.6 Å². The highest BCUT2D eigenvalue weighted by Crippen LogP contribution is 2.47. The number of fused-ring (bicyclic) bond motifs is 3. The molecule has 2 aromatic rings. The number of aryl methyl sites for hydroxylation is 1. The largest absolute Gasteiger partial charge is 0.387 e. The van der Waals surface area contributed by atoms with E-state index in [9.17, 15) is 5.11 Å². The first kappa shape index (κ1) is 12.2. The molecule has 2 aromatic heterocycles. The number of aromatic nitrogens is 4. The Kier molecular flexibility index (Phi) is 2.42. The molecular formula is C13H16N4O3. The molecule has 106 valence electrons. The first-order valence-corrected chi connectivity index (χ1v) is 6.78. The van der Waals surface area contributed by atoms with Crippen LogP contribution in [0.1, 0.15) is 25.3 Å². The van der Waals surface area contributed by atoms with E-state index in [1.54, 1.807) is 6.33 Å². The Labute approximate surface area is 115 Å². The lowest BCUT2D eigenvalue weighted by atomic mass is 9.96. The fourth-order valence-electron chi connectivity index (χ4n) is 3.13. The molecule has 0 aromatic carbocycles. The van der Waals surface area contributed by atoms with Crippen molar-refractivity contribution in [3.05, 3.63) is 18.3 Å². The zero-order valence-electron chi connectivity index (χ0n) is 11.4. The fraction of sp³-hybridized carbons (Fsp3) is 0.615. The summed E-state index contributed by atoms with van der Waals surface area (Å²) in [5.74, 6) is 0. The second kappa shape index (κ2) is 3.97. The number of imidazole rings is 1. The molecule has 4 atom stereocenters. The highest BCUT2D eigenvalue weighted by Gasteiger charge is 2.60. The van der Waals surface area contributed by atoms with Crippen molar-refractivity contribution in [2.75, 3.05) is 6.61 Å². The highest BCUT2D eigenvalue weighted by atomic mass is 16.6. The van der Waals surface area contributed by atoms with Crippen LogP contribution in [0.4, 0.5) is 0 Å². The number of ether oxygens (including phenoxy) is 2. The summed E-state index contributed by atoms with van der Waals surface area (Å²) in [5.41, 5.74) is 1.67. The summed E-state index contributed by atoms with van der Waals surface area (Å²) in [6.07, 6.45) is 2.52. The Hall–Kier alpha value is -1.57. The molecule has 2 saturated heterocycles. The van der Waals surface area contributed by atoms with Crippen LogP contribution in [0.15, 0.2) is 12.7 Å². The molecule has 7 heteroatoms. The van der Waals surface area contributed by atoms with E-state index in [1.807, 2.05) is 18.4 Å². The van der Waals surface area contributed by atoms with E-state index in [-0.39, 0.29) is 6.10 Å². The van der Waals surface area contributed by atoms with E-state index >= 15 is 0 Å². The number of hydrogen-bond acceptors (Lipinski definition) is 6. The minimum atomic E-state index is -0.613. The fourth-order valence-corrected chi connectivity index (χ4v) is 3.13. The molecule has 2 aliphatic rings. The van der Waals surface area contributed by atoms with Crippen molar-refractivity contribution in [1.29, 1.82) is 0 Å². The third-order valence-electron chi connectivity index (χ3n) is 4.42. The zero-order valence-corrected chi connectivity index (χ0v) is 11.4. The van der Waals surface area contributed by atoms with Gasteiger partial charge in [-0.25, -0.2) is 15.0 Å². The van der Waals surface area contributed by atoms with E-state index in [1.165, 1.54) is 6.33 Å². The average Bonchev–Trinajstić information content (AvgIpc) is 3.10. The monoisotopic (exact) mass is 276 g/mol. The summed E-state index contributed by atoms with van der Waals surface area (Å²) in [5, 5.41) is 10.4. The first-order chi connectivity index (χ1) is 9.66. The quantitative estimate of drug-likeness (QED) is 0.863. The Morgan fingerprint density at radius 3 is 3.05 bits per heavy atom. The SMILES string of the molecule is CC[C@]12CO[C@@H](C1O)[C@H](n1cnc3c(C)ncnc31)O2. The lowest BCUT2D eigenvalue weighted by Gasteiger charge is -2.30. The van der Waals surface area contributed by atoms with Crippen molar-refractivity contribution in [3.8, 4) is 0 Å². The predicted octanol–water partition coefficient (Wildman–Crippen LogP) is 0.572. The second-order valence-electron chi connectivity index (χ2n) is 5.43. The van der Waals surface area contributed by atoms with E-state index in [0.717, 1.165) is 11.2 Å². The van der Waals surface area contributed by atoms with E-state index < -0.39 is 17.9 Å². The normalized spacial score (nSPS) is 36.0. The van der Waals surface area contributed by atoms with Crippen LogP contribution in [-0.4, -0.2) is 49.0 Å². The van der Waals surface area contributed by atoms with Crippen molar-refractivity contribution >= 4 is 11.2 Å². The molecule has 1 N–H and O–H groups in total. The van der Waals surface area contributed by atoms with Gasteiger partial charge in [-0.05, 0) is 13.3 Å². The zero-order chi connectivity index (χ0) is 13.9. The van der Waals surface area contributed by atoms with Crippen LogP contribution >= 0.6 is 0 Å². The molecule has 7 nitrogen and oxygen atoms in total. The average molecular weight is 276 g/mol. The summed E-state index contributed by atoms with van der Waals surface area (Å²) < 4.78 is 13.6. The Bertz CT molecular complexity index is 673. The Morgan fingerprint density at radius 1 is 1.45 bits per heavy atom. The number of aliphatic hydroxyl groups is 1. The highest BCUT2D eigenvalue weighted by molar-refractivity contribution is 5.72. The summed E-state index contributed by atoms with van der Waals surface area (Å²) in [6.45, 7) is 4.32. The lowest BCUT2D eigenvalue weighted by molar-refractivity contribution is -0.173. The molecule has 0 radical (unpaired) electrons. The van der Waals surface area contributed by atoms with Gasteiger partial charge in [0.15, 0.2) is 11.9 Å². The minimum Gasteiger partial charge on any atom is -0.387 e. The van der Waals surface area contributed by atoms with E-state index in [0.29, 0.717) is 18.7 Å². The summed E-state index contributed by atoms with van der Waals surface area (Å²) in [7, 11) is 0. The molecule has 0 spiro atoms. The van der Waals surface area contributed by atoms with Crippen LogP contribution in [-0.2, 0) is 9.47 Å². The van der Waals surface area contributed by atoms with Gasteiger partial charge in [0.25, 0.3) is 0 Å². The van der Waals surface area contributed by atoms with Gasteiger partial charge in [0, 0.05) is 0 Å². The Balaban J connectivity index is 1.80. The first-order valence-electron chi connectivity index (χ1n) is 6.78. The topological polar surface area (TPSA) is 82.3 Å².